The molecule has 0 aliphatic heterocycles. The molecule has 1 heteroatoms. The average molecular weight is 112 g/mol. The van der Waals surface area contributed by atoms with Crippen molar-refractivity contribution in [1.29, 1.82) is 0 Å². The highest BCUT2D eigenvalue weighted by Crippen LogP contribution is 1.93. The van der Waals surface area contributed by atoms with Gasteiger partial charge in [0.1, 0.15) is 0 Å². The lowest BCUT2D eigenvalue weighted by Gasteiger charge is -1.95. The maximum atomic E-state index is 4.85. The highest BCUT2D eigenvalue weighted by Gasteiger charge is 1.83. The second kappa shape index (κ2) is 4.60. The van der Waals surface area contributed by atoms with Gasteiger partial charge in [-0.1, -0.05) is 18.7 Å². The monoisotopic (exact) mass is 112 g/mol. The number of methoxy groups -OCH3 is 1. The Kier molecular flexibility index (Phi) is 4.27. The first-order valence-electron chi connectivity index (χ1n) is 2.61. The summed E-state index contributed by atoms with van der Waals surface area (Å²) in [4.78, 5) is 0. The van der Waals surface area contributed by atoms with Crippen molar-refractivity contribution in [2.24, 2.45) is 0 Å². The molecule has 0 heterocycles. The molecule has 0 amide bonds. The third-order valence-corrected chi connectivity index (χ3v) is 0.944. The minimum absolute atomic E-state index is 0.667. The Morgan fingerprint density at radius 3 is 2.50 bits per heavy atom. The maximum absolute atomic E-state index is 4.85. The van der Waals surface area contributed by atoms with E-state index in [1.165, 1.54) is 0 Å². The molecule has 0 N–H and O–H groups in total. The Labute approximate surface area is 50.7 Å². The zero-order chi connectivity index (χ0) is 6.41. The summed E-state index contributed by atoms with van der Waals surface area (Å²) in [5, 5.41) is 0. The fourth-order valence-corrected chi connectivity index (χ4v) is 0.427. The SMILES string of the molecule is C=C/C(=C\C)COC. The van der Waals surface area contributed by atoms with Crippen molar-refractivity contribution in [2.75, 3.05) is 13.7 Å². The first-order valence-corrected chi connectivity index (χ1v) is 2.61. The van der Waals surface area contributed by atoms with Crippen LogP contribution in [0, 0.1) is 0 Å². The lowest BCUT2D eigenvalue weighted by molar-refractivity contribution is 0.228. The van der Waals surface area contributed by atoms with Crippen LogP contribution in [0.3, 0.4) is 0 Å². The van der Waals surface area contributed by atoms with Crippen molar-refractivity contribution in [3.8, 4) is 0 Å². The summed E-state index contributed by atoms with van der Waals surface area (Å²) < 4.78 is 4.85. The molecule has 0 atom stereocenters. The molecule has 0 saturated heterocycles. The van der Waals surface area contributed by atoms with E-state index >= 15 is 0 Å². The quantitative estimate of drug-likeness (QED) is 0.505. The fraction of sp³-hybridized carbons (Fsp3) is 0.429. The lowest BCUT2D eigenvalue weighted by atomic mass is 10.3. The van der Waals surface area contributed by atoms with Crippen molar-refractivity contribution in [2.45, 2.75) is 6.92 Å². The molecule has 0 aromatic heterocycles. The van der Waals surface area contributed by atoms with E-state index in [2.05, 4.69) is 6.58 Å². The Bertz CT molecular complexity index is 92.6. The van der Waals surface area contributed by atoms with Gasteiger partial charge in [-0.2, -0.15) is 0 Å². The molecule has 0 saturated carbocycles. The number of rotatable bonds is 3. The third kappa shape index (κ3) is 2.59. The molecule has 0 fully saturated rings. The summed E-state index contributed by atoms with van der Waals surface area (Å²) in [6.07, 6.45) is 3.78. The standard InChI is InChI=1S/C7H12O/c1-4-7(5-2)6-8-3/h4-5H,1,6H2,2-3H3/b7-5+. The van der Waals surface area contributed by atoms with Crippen LogP contribution in [0.4, 0.5) is 0 Å². The molecule has 0 aliphatic rings. The topological polar surface area (TPSA) is 9.23 Å². The minimum atomic E-state index is 0.667. The van der Waals surface area contributed by atoms with Crippen LogP contribution in [0.1, 0.15) is 6.92 Å². The number of ether oxygens (including phenoxy) is 1. The molecule has 0 radical (unpaired) electrons. The van der Waals surface area contributed by atoms with E-state index in [4.69, 9.17) is 4.74 Å². The highest BCUT2D eigenvalue weighted by molar-refractivity contribution is 5.14. The summed E-state index contributed by atoms with van der Waals surface area (Å²) in [6.45, 7) is 6.24. The van der Waals surface area contributed by atoms with Crippen LogP contribution in [0.2, 0.25) is 0 Å². The second-order valence-electron chi connectivity index (χ2n) is 1.50. The molecule has 0 unspecified atom stereocenters. The zero-order valence-corrected chi connectivity index (χ0v) is 5.48. The molecular weight excluding hydrogens is 100 g/mol. The van der Waals surface area contributed by atoms with Gasteiger partial charge in [0, 0.05) is 7.11 Å². The minimum Gasteiger partial charge on any atom is -0.380 e. The van der Waals surface area contributed by atoms with Gasteiger partial charge in [0.15, 0.2) is 0 Å². The molecule has 0 aliphatic carbocycles. The van der Waals surface area contributed by atoms with Gasteiger partial charge in [0.25, 0.3) is 0 Å². The van der Waals surface area contributed by atoms with E-state index in [1.54, 1.807) is 13.2 Å². The Hall–Kier alpha value is -0.560. The molecule has 1 nitrogen and oxygen atoms in total. The average Bonchev–Trinajstić information content (AvgIpc) is 1.83. The van der Waals surface area contributed by atoms with E-state index in [0.717, 1.165) is 5.57 Å². The van der Waals surface area contributed by atoms with Crippen LogP contribution < -0.4 is 0 Å². The number of hydrogen-bond donors (Lipinski definition) is 0. The largest absolute Gasteiger partial charge is 0.380 e. The van der Waals surface area contributed by atoms with Gasteiger partial charge < -0.3 is 4.74 Å². The Morgan fingerprint density at radius 1 is 1.75 bits per heavy atom. The van der Waals surface area contributed by atoms with E-state index in [-0.39, 0.29) is 0 Å². The van der Waals surface area contributed by atoms with Gasteiger partial charge in [0.05, 0.1) is 6.61 Å². The predicted octanol–water partition coefficient (Wildman–Crippen LogP) is 1.77. The summed E-state index contributed by atoms with van der Waals surface area (Å²) in [6, 6.07) is 0. The van der Waals surface area contributed by atoms with Gasteiger partial charge >= 0.3 is 0 Å². The van der Waals surface area contributed by atoms with Crippen molar-refractivity contribution in [3.05, 3.63) is 24.3 Å². The predicted molar refractivity (Wildman–Crippen MR) is 35.8 cm³/mol. The van der Waals surface area contributed by atoms with E-state index < -0.39 is 0 Å². The van der Waals surface area contributed by atoms with Crippen molar-refractivity contribution < 1.29 is 4.74 Å². The summed E-state index contributed by atoms with van der Waals surface area (Å²) >= 11 is 0. The second-order valence-corrected chi connectivity index (χ2v) is 1.50. The lowest BCUT2D eigenvalue weighted by Crippen LogP contribution is -1.88. The molecule has 46 valence electrons. The van der Waals surface area contributed by atoms with Crippen LogP contribution in [0.5, 0.6) is 0 Å². The fourth-order valence-electron chi connectivity index (χ4n) is 0.427. The van der Waals surface area contributed by atoms with Crippen molar-refractivity contribution >= 4 is 0 Å². The van der Waals surface area contributed by atoms with Crippen LogP contribution in [0.25, 0.3) is 0 Å². The number of allylic oxidation sites excluding steroid dienone is 1. The van der Waals surface area contributed by atoms with E-state index in [0.29, 0.717) is 6.61 Å². The number of hydrogen-bond acceptors (Lipinski definition) is 1. The molecule has 0 aromatic rings. The molecule has 8 heavy (non-hydrogen) atoms. The Balaban J connectivity index is 3.54. The normalized spacial score (nSPS) is 11.5. The van der Waals surface area contributed by atoms with Crippen LogP contribution in [-0.2, 0) is 4.74 Å². The maximum Gasteiger partial charge on any atom is 0.0709 e. The van der Waals surface area contributed by atoms with E-state index in [9.17, 15) is 0 Å². The summed E-state index contributed by atoms with van der Waals surface area (Å²) in [7, 11) is 1.67. The highest BCUT2D eigenvalue weighted by atomic mass is 16.5. The summed E-state index contributed by atoms with van der Waals surface area (Å²) in [5.74, 6) is 0. The van der Waals surface area contributed by atoms with E-state index in [1.807, 2.05) is 13.0 Å². The zero-order valence-electron chi connectivity index (χ0n) is 5.48. The van der Waals surface area contributed by atoms with Gasteiger partial charge in [-0.15, -0.1) is 0 Å². The van der Waals surface area contributed by atoms with Crippen molar-refractivity contribution in [1.82, 2.24) is 0 Å². The molecule has 0 rings (SSSR count). The van der Waals surface area contributed by atoms with Gasteiger partial charge in [-0.25, -0.2) is 0 Å². The smallest absolute Gasteiger partial charge is 0.0709 e. The molecular formula is C7H12O. The van der Waals surface area contributed by atoms with Gasteiger partial charge in [-0.3, -0.25) is 0 Å². The van der Waals surface area contributed by atoms with Crippen LogP contribution in [0.15, 0.2) is 24.3 Å². The first-order chi connectivity index (χ1) is 3.85. The molecule has 0 bridgehead atoms. The van der Waals surface area contributed by atoms with Gasteiger partial charge in [-0.05, 0) is 12.5 Å². The Morgan fingerprint density at radius 2 is 2.38 bits per heavy atom. The van der Waals surface area contributed by atoms with Crippen LogP contribution >= 0.6 is 0 Å². The van der Waals surface area contributed by atoms with Crippen molar-refractivity contribution in [3.63, 3.8) is 0 Å². The molecule has 0 aromatic carbocycles. The van der Waals surface area contributed by atoms with Crippen LogP contribution in [-0.4, -0.2) is 13.7 Å². The first kappa shape index (κ1) is 7.44. The molecule has 0 spiro atoms. The summed E-state index contributed by atoms with van der Waals surface area (Å²) in [5.41, 5.74) is 1.13. The third-order valence-electron chi connectivity index (χ3n) is 0.944. The van der Waals surface area contributed by atoms with Gasteiger partial charge in [0.2, 0.25) is 0 Å².